The topological polar surface area (TPSA) is 105 Å². The van der Waals surface area contributed by atoms with Gasteiger partial charge >= 0.3 is 0 Å². The van der Waals surface area contributed by atoms with Crippen molar-refractivity contribution in [3.63, 3.8) is 0 Å². The van der Waals surface area contributed by atoms with Crippen LogP contribution in [0.1, 0.15) is 28.8 Å². The van der Waals surface area contributed by atoms with Gasteiger partial charge in [0.1, 0.15) is 0 Å². The third-order valence-electron chi connectivity index (χ3n) is 4.46. The minimum atomic E-state index is -3.49. The average molecular weight is 374 g/mol. The maximum Gasteiger partial charge on any atom is 0.251 e. The summed E-state index contributed by atoms with van der Waals surface area (Å²) in [5.41, 5.74) is 7.20. The van der Waals surface area contributed by atoms with Crippen molar-refractivity contribution < 1.29 is 13.2 Å². The second-order valence-corrected chi connectivity index (χ2v) is 8.24. The van der Waals surface area contributed by atoms with E-state index in [0.717, 1.165) is 5.56 Å². The summed E-state index contributed by atoms with van der Waals surface area (Å²) in [6.07, 6.45) is 4.47. The molecular formula is C18H22N4O3S. The van der Waals surface area contributed by atoms with Crippen LogP contribution in [0.5, 0.6) is 0 Å². The molecule has 1 amide bonds. The lowest BCUT2D eigenvalue weighted by Crippen LogP contribution is -2.42. The summed E-state index contributed by atoms with van der Waals surface area (Å²) in [6, 6.07) is 9.94. The van der Waals surface area contributed by atoms with Gasteiger partial charge in [-0.1, -0.05) is 12.1 Å². The molecule has 2 aromatic rings. The van der Waals surface area contributed by atoms with Crippen molar-refractivity contribution in [3.8, 4) is 0 Å². The maximum absolute atomic E-state index is 12.7. The molecule has 0 spiro atoms. The highest BCUT2D eigenvalue weighted by molar-refractivity contribution is 7.89. The molecule has 0 bridgehead atoms. The van der Waals surface area contributed by atoms with Crippen LogP contribution in [-0.4, -0.2) is 42.7 Å². The molecule has 0 aliphatic carbocycles. The lowest BCUT2D eigenvalue weighted by molar-refractivity contribution is 0.0950. The highest BCUT2D eigenvalue weighted by Crippen LogP contribution is 2.20. The fourth-order valence-corrected chi connectivity index (χ4v) is 4.30. The number of piperidine rings is 1. The molecule has 0 atom stereocenters. The van der Waals surface area contributed by atoms with Crippen molar-refractivity contribution >= 4 is 15.9 Å². The Bertz CT molecular complexity index is 846. The molecule has 2 heterocycles. The Balaban J connectivity index is 1.62. The monoisotopic (exact) mass is 374 g/mol. The number of nitrogens with two attached hydrogens (primary N) is 1. The van der Waals surface area contributed by atoms with Crippen molar-refractivity contribution in [1.29, 1.82) is 0 Å². The van der Waals surface area contributed by atoms with E-state index in [9.17, 15) is 13.2 Å². The van der Waals surface area contributed by atoms with E-state index in [-0.39, 0.29) is 16.8 Å². The van der Waals surface area contributed by atoms with E-state index < -0.39 is 10.0 Å². The molecule has 1 aliphatic rings. The minimum Gasteiger partial charge on any atom is -0.348 e. The highest BCUT2D eigenvalue weighted by atomic mass is 32.2. The Morgan fingerprint density at radius 2 is 1.73 bits per heavy atom. The third kappa shape index (κ3) is 4.27. The quantitative estimate of drug-likeness (QED) is 0.816. The summed E-state index contributed by atoms with van der Waals surface area (Å²) in [7, 11) is -3.49. The number of carbonyl (C=O) groups excluding carboxylic acids is 1. The molecule has 0 unspecified atom stereocenters. The van der Waals surface area contributed by atoms with Gasteiger partial charge in [0.15, 0.2) is 0 Å². The number of aromatic nitrogens is 1. The molecule has 1 fully saturated rings. The summed E-state index contributed by atoms with van der Waals surface area (Å²) in [6.45, 7) is 1.22. The number of nitrogens with zero attached hydrogens (tertiary/aromatic N) is 2. The van der Waals surface area contributed by atoms with Crippen LogP contribution in [0.4, 0.5) is 0 Å². The number of hydrogen-bond acceptors (Lipinski definition) is 5. The zero-order valence-electron chi connectivity index (χ0n) is 14.3. The summed E-state index contributed by atoms with van der Waals surface area (Å²) in [5, 5.41) is 2.80. The zero-order chi connectivity index (χ0) is 18.6. The number of hydrogen-bond donors (Lipinski definition) is 2. The molecule has 0 radical (unpaired) electrons. The van der Waals surface area contributed by atoms with E-state index >= 15 is 0 Å². The number of rotatable bonds is 5. The van der Waals surface area contributed by atoms with Gasteiger partial charge in [-0.2, -0.15) is 4.31 Å². The van der Waals surface area contributed by atoms with Gasteiger partial charge in [0.2, 0.25) is 10.0 Å². The highest BCUT2D eigenvalue weighted by Gasteiger charge is 2.28. The summed E-state index contributed by atoms with van der Waals surface area (Å²) < 4.78 is 26.8. The van der Waals surface area contributed by atoms with Crippen LogP contribution in [0.15, 0.2) is 53.7 Å². The van der Waals surface area contributed by atoms with E-state index in [1.165, 1.54) is 4.31 Å². The first kappa shape index (κ1) is 18.5. The van der Waals surface area contributed by atoms with E-state index in [1.807, 2.05) is 0 Å². The SMILES string of the molecule is NC1CCN(S(=O)(=O)c2ccc(CNC(=O)c3ccncc3)cc2)CC1. The molecule has 1 aromatic heterocycles. The van der Waals surface area contributed by atoms with Crippen LogP contribution in [0.2, 0.25) is 0 Å². The Morgan fingerprint density at radius 3 is 2.35 bits per heavy atom. The molecule has 138 valence electrons. The molecular weight excluding hydrogens is 352 g/mol. The summed E-state index contributed by atoms with van der Waals surface area (Å²) in [4.78, 5) is 16.2. The summed E-state index contributed by atoms with van der Waals surface area (Å²) >= 11 is 0. The Morgan fingerprint density at radius 1 is 1.12 bits per heavy atom. The van der Waals surface area contributed by atoms with Gasteiger partial charge in [0.25, 0.3) is 5.91 Å². The second kappa shape index (κ2) is 7.94. The number of pyridine rings is 1. The van der Waals surface area contributed by atoms with Crippen molar-refractivity contribution in [2.45, 2.75) is 30.3 Å². The molecule has 1 aliphatic heterocycles. The van der Waals surface area contributed by atoms with Gasteiger partial charge in [-0.05, 0) is 42.7 Å². The Labute approximate surface area is 153 Å². The predicted molar refractivity (Wildman–Crippen MR) is 97.8 cm³/mol. The zero-order valence-corrected chi connectivity index (χ0v) is 15.2. The molecule has 0 saturated carbocycles. The molecule has 7 nitrogen and oxygen atoms in total. The number of amides is 1. The summed E-state index contributed by atoms with van der Waals surface area (Å²) in [5.74, 6) is -0.200. The van der Waals surface area contributed by atoms with Crippen LogP contribution >= 0.6 is 0 Å². The van der Waals surface area contributed by atoms with Gasteiger partial charge < -0.3 is 11.1 Å². The van der Waals surface area contributed by atoms with Crippen molar-refractivity contribution in [1.82, 2.24) is 14.6 Å². The normalized spacial score (nSPS) is 16.3. The van der Waals surface area contributed by atoms with E-state index in [1.54, 1.807) is 48.8 Å². The van der Waals surface area contributed by atoms with Crippen molar-refractivity contribution in [2.75, 3.05) is 13.1 Å². The van der Waals surface area contributed by atoms with Gasteiger partial charge in [0.05, 0.1) is 4.90 Å². The van der Waals surface area contributed by atoms with Gasteiger partial charge in [-0.3, -0.25) is 9.78 Å². The van der Waals surface area contributed by atoms with Crippen LogP contribution in [0, 0.1) is 0 Å². The first-order valence-corrected chi connectivity index (χ1v) is 9.94. The van der Waals surface area contributed by atoms with Gasteiger partial charge in [0, 0.05) is 43.6 Å². The molecule has 3 N–H and O–H groups in total. The number of carbonyl (C=O) groups is 1. The standard InChI is InChI=1S/C18H22N4O3S/c19-16-7-11-22(12-8-16)26(24,25)17-3-1-14(2-4-17)13-21-18(23)15-5-9-20-10-6-15/h1-6,9-10,16H,7-8,11-13,19H2,(H,21,23). The molecule has 3 rings (SSSR count). The van der Waals surface area contributed by atoms with Crippen LogP contribution in [0.3, 0.4) is 0 Å². The number of nitrogens with one attached hydrogen (secondary N) is 1. The van der Waals surface area contributed by atoms with E-state index in [0.29, 0.717) is 38.0 Å². The largest absolute Gasteiger partial charge is 0.348 e. The Kier molecular flexibility index (Phi) is 5.65. The first-order valence-electron chi connectivity index (χ1n) is 8.50. The molecule has 1 saturated heterocycles. The van der Waals surface area contributed by atoms with Crippen LogP contribution < -0.4 is 11.1 Å². The van der Waals surface area contributed by atoms with E-state index in [4.69, 9.17) is 5.73 Å². The number of benzene rings is 1. The van der Waals surface area contributed by atoms with Crippen LogP contribution in [0.25, 0.3) is 0 Å². The van der Waals surface area contributed by atoms with Crippen LogP contribution in [-0.2, 0) is 16.6 Å². The molecule has 8 heteroatoms. The first-order chi connectivity index (χ1) is 12.5. The smallest absolute Gasteiger partial charge is 0.251 e. The molecule has 1 aromatic carbocycles. The van der Waals surface area contributed by atoms with E-state index in [2.05, 4.69) is 10.3 Å². The fraction of sp³-hybridized carbons (Fsp3) is 0.333. The molecule has 26 heavy (non-hydrogen) atoms. The average Bonchev–Trinajstić information content (AvgIpc) is 2.67. The van der Waals surface area contributed by atoms with Gasteiger partial charge in [-0.25, -0.2) is 8.42 Å². The second-order valence-electron chi connectivity index (χ2n) is 6.30. The van der Waals surface area contributed by atoms with Crippen molar-refractivity contribution in [3.05, 3.63) is 59.9 Å². The third-order valence-corrected chi connectivity index (χ3v) is 6.37. The lowest BCUT2D eigenvalue weighted by atomic mass is 10.1. The van der Waals surface area contributed by atoms with Crippen molar-refractivity contribution in [2.24, 2.45) is 5.73 Å². The number of sulfonamides is 1. The predicted octanol–water partition coefficient (Wildman–Crippen LogP) is 1.12. The Hall–Kier alpha value is -2.29. The van der Waals surface area contributed by atoms with Gasteiger partial charge in [-0.15, -0.1) is 0 Å². The minimum absolute atomic E-state index is 0.0767. The maximum atomic E-state index is 12.7. The fourth-order valence-electron chi connectivity index (χ4n) is 2.83. The lowest BCUT2D eigenvalue weighted by Gasteiger charge is -2.29.